The van der Waals surface area contributed by atoms with Crippen molar-refractivity contribution in [3.05, 3.63) is 22.8 Å². The number of carbonyl (C=O) groups excluding carboxylic acids is 1. The van der Waals surface area contributed by atoms with Crippen molar-refractivity contribution in [3.63, 3.8) is 0 Å². The van der Waals surface area contributed by atoms with Gasteiger partial charge in [0.25, 0.3) is 0 Å². The van der Waals surface area contributed by atoms with Crippen LogP contribution in [0.3, 0.4) is 0 Å². The molecule has 5 heteroatoms. The fraction of sp³-hybridized carbons (Fsp3) is 0.333. The average molecular weight is 218 g/mol. The summed E-state index contributed by atoms with van der Waals surface area (Å²) >= 11 is 5.43. The minimum Gasteiger partial charge on any atom is -0.478 e. The van der Waals surface area contributed by atoms with Crippen LogP contribution >= 0.6 is 11.6 Å². The first-order valence-corrected chi connectivity index (χ1v) is 4.26. The van der Waals surface area contributed by atoms with Gasteiger partial charge in [0, 0.05) is 16.2 Å². The molecule has 0 aromatic heterocycles. The van der Waals surface area contributed by atoms with Crippen molar-refractivity contribution >= 4 is 23.5 Å². The molecule has 0 aliphatic rings. The molecule has 0 atom stereocenters. The fourth-order valence-electron chi connectivity index (χ4n) is 0.639. The van der Waals surface area contributed by atoms with Crippen LogP contribution in [-0.4, -0.2) is 23.5 Å². The van der Waals surface area contributed by atoms with Gasteiger partial charge in [0.1, 0.15) is 0 Å². The van der Waals surface area contributed by atoms with E-state index in [9.17, 15) is 9.59 Å². The highest BCUT2D eigenvalue weighted by Crippen LogP contribution is 2.03. The highest BCUT2D eigenvalue weighted by Gasteiger charge is 2.11. The average Bonchev–Trinajstić information content (AvgIpc) is 2.11. The summed E-state index contributed by atoms with van der Waals surface area (Å²) in [5.41, 5.74) is 0.179. The van der Waals surface area contributed by atoms with Crippen molar-refractivity contribution in [1.29, 1.82) is 0 Å². The van der Waals surface area contributed by atoms with Crippen molar-refractivity contribution in [2.45, 2.75) is 13.8 Å². The van der Waals surface area contributed by atoms with Crippen LogP contribution < -0.4 is 5.32 Å². The van der Waals surface area contributed by atoms with E-state index in [2.05, 4.69) is 11.9 Å². The summed E-state index contributed by atoms with van der Waals surface area (Å²) in [5.74, 6) is -1.56. The standard InChI is InChI=1S/C9H12ClNO3/c1-5(10)4-11-8(12)6(2)7(3)9(13)14/h1,4H2,2-3H3,(H,11,12)(H,13,14). The molecule has 78 valence electrons. The monoisotopic (exact) mass is 217 g/mol. The lowest BCUT2D eigenvalue weighted by molar-refractivity contribution is -0.133. The highest BCUT2D eigenvalue weighted by molar-refractivity contribution is 6.29. The summed E-state index contributed by atoms with van der Waals surface area (Å²) in [4.78, 5) is 21.8. The number of carboxylic acids is 1. The topological polar surface area (TPSA) is 66.4 Å². The number of aliphatic carboxylic acids is 1. The van der Waals surface area contributed by atoms with Crippen molar-refractivity contribution < 1.29 is 14.7 Å². The molecule has 0 fully saturated rings. The number of rotatable bonds is 4. The summed E-state index contributed by atoms with van der Waals surface area (Å²) in [5, 5.41) is 11.3. The van der Waals surface area contributed by atoms with Crippen LogP contribution in [0.1, 0.15) is 13.8 Å². The summed E-state index contributed by atoms with van der Waals surface area (Å²) in [6, 6.07) is 0. The molecule has 2 N–H and O–H groups in total. The number of hydrogen-bond acceptors (Lipinski definition) is 2. The number of nitrogens with one attached hydrogen (secondary N) is 1. The van der Waals surface area contributed by atoms with Gasteiger partial charge in [0.15, 0.2) is 0 Å². The first-order chi connectivity index (χ1) is 6.36. The van der Waals surface area contributed by atoms with Crippen LogP contribution in [0.2, 0.25) is 0 Å². The quantitative estimate of drug-likeness (QED) is 0.697. The number of carboxylic acid groups (broad SMARTS) is 1. The van der Waals surface area contributed by atoms with E-state index in [1.54, 1.807) is 0 Å². The second-order valence-corrected chi connectivity index (χ2v) is 3.29. The first kappa shape index (κ1) is 12.7. The van der Waals surface area contributed by atoms with Crippen LogP contribution in [-0.2, 0) is 9.59 Å². The molecule has 0 aromatic carbocycles. The van der Waals surface area contributed by atoms with E-state index >= 15 is 0 Å². The third-order valence-corrected chi connectivity index (χ3v) is 1.80. The third-order valence-electron chi connectivity index (χ3n) is 1.66. The summed E-state index contributed by atoms with van der Waals surface area (Å²) < 4.78 is 0. The molecule has 0 spiro atoms. The van der Waals surface area contributed by atoms with Crippen molar-refractivity contribution in [2.24, 2.45) is 0 Å². The van der Waals surface area contributed by atoms with Gasteiger partial charge in [-0.05, 0) is 13.8 Å². The molecular formula is C9H12ClNO3. The summed E-state index contributed by atoms with van der Waals surface area (Å²) in [6.45, 7) is 6.32. The Morgan fingerprint density at radius 3 is 2.21 bits per heavy atom. The molecule has 1 amide bonds. The Bertz CT molecular complexity index is 307. The van der Waals surface area contributed by atoms with E-state index < -0.39 is 11.9 Å². The van der Waals surface area contributed by atoms with Gasteiger partial charge in [0.2, 0.25) is 5.91 Å². The smallest absolute Gasteiger partial charge is 0.331 e. The van der Waals surface area contributed by atoms with Crippen molar-refractivity contribution in [3.8, 4) is 0 Å². The van der Waals surface area contributed by atoms with Crippen LogP contribution in [0.5, 0.6) is 0 Å². The molecule has 0 unspecified atom stereocenters. The fourth-order valence-corrected chi connectivity index (χ4v) is 0.706. The normalized spacial score (nSPS) is 11.6. The van der Waals surface area contributed by atoms with Gasteiger partial charge in [0.05, 0.1) is 6.54 Å². The molecule has 0 aliphatic carbocycles. The minimum absolute atomic E-state index is 0.0164. The second-order valence-electron chi connectivity index (χ2n) is 2.76. The Hall–Kier alpha value is -1.29. The van der Waals surface area contributed by atoms with E-state index in [1.807, 2.05) is 0 Å². The molecular weight excluding hydrogens is 206 g/mol. The van der Waals surface area contributed by atoms with Crippen LogP contribution in [0.15, 0.2) is 22.8 Å². The first-order valence-electron chi connectivity index (χ1n) is 3.88. The SMILES string of the molecule is C=C(Cl)CNC(=O)C(C)=C(C)C(=O)O. The lowest BCUT2D eigenvalue weighted by Crippen LogP contribution is -2.26. The summed E-state index contributed by atoms with van der Waals surface area (Å²) in [6.07, 6.45) is 0. The molecule has 0 heterocycles. The molecule has 0 bridgehead atoms. The van der Waals surface area contributed by atoms with Crippen LogP contribution in [0.4, 0.5) is 0 Å². The Morgan fingerprint density at radius 2 is 1.86 bits per heavy atom. The Labute approximate surface area is 87.2 Å². The highest BCUT2D eigenvalue weighted by atomic mass is 35.5. The van der Waals surface area contributed by atoms with Gasteiger partial charge < -0.3 is 10.4 Å². The van der Waals surface area contributed by atoms with E-state index in [0.717, 1.165) is 0 Å². The predicted molar refractivity (Wildman–Crippen MR) is 54.0 cm³/mol. The molecule has 0 saturated heterocycles. The van der Waals surface area contributed by atoms with E-state index in [1.165, 1.54) is 13.8 Å². The van der Waals surface area contributed by atoms with Gasteiger partial charge in [-0.3, -0.25) is 4.79 Å². The second kappa shape index (κ2) is 5.44. The van der Waals surface area contributed by atoms with Gasteiger partial charge in [-0.25, -0.2) is 4.79 Å². The van der Waals surface area contributed by atoms with E-state index in [-0.39, 0.29) is 17.7 Å². The third kappa shape index (κ3) is 4.09. The molecule has 14 heavy (non-hydrogen) atoms. The van der Waals surface area contributed by atoms with Gasteiger partial charge in [-0.2, -0.15) is 0 Å². The zero-order valence-corrected chi connectivity index (χ0v) is 8.81. The summed E-state index contributed by atoms with van der Waals surface area (Å²) in [7, 11) is 0. The maximum atomic E-state index is 11.3. The zero-order valence-electron chi connectivity index (χ0n) is 8.06. The Morgan fingerprint density at radius 1 is 1.36 bits per heavy atom. The van der Waals surface area contributed by atoms with Gasteiger partial charge >= 0.3 is 5.97 Å². The van der Waals surface area contributed by atoms with Crippen molar-refractivity contribution in [2.75, 3.05) is 6.54 Å². The maximum Gasteiger partial charge on any atom is 0.331 e. The molecule has 0 saturated carbocycles. The van der Waals surface area contributed by atoms with Gasteiger partial charge in [-0.1, -0.05) is 18.2 Å². The van der Waals surface area contributed by atoms with Crippen LogP contribution in [0.25, 0.3) is 0 Å². The zero-order chi connectivity index (χ0) is 11.3. The Kier molecular flexibility index (Phi) is 4.94. The van der Waals surface area contributed by atoms with E-state index in [4.69, 9.17) is 16.7 Å². The lowest BCUT2D eigenvalue weighted by atomic mass is 10.1. The molecule has 0 aliphatic heterocycles. The number of halogens is 1. The number of amides is 1. The molecule has 0 rings (SSSR count). The lowest BCUT2D eigenvalue weighted by Gasteiger charge is -2.05. The molecule has 0 aromatic rings. The minimum atomic E-state index is -1.11. The predicted octanol–water partition coefficient (Wildman–Crippen LogP) is 1.28. The number of hydrogen-bond donors (Lipinski definition) is 2. The number of carbonyl (C=O) groups is 2. The van der Waals surface area contributed by atoms with Crippen molar-refractivity contribution in [1.82, 2.24) is 5.32 Å². The van der Waals surface area contributed by atoms with E-state index in [0.29, 0.717) is 5.03 Å². The Balaban J connectivity index is 4.47. The van der Waals surface area contributed by atoms with Gasteiger partial charge in [-0.15, -0.1) is 0 Å². The maximum absolute atomic E-state index is 11.3. The largest absolute Gasteiger partial charge is 0.478 e. The van der Waals surface area contributed by atoms with Crippen LogP contribution in [0, 0.1) is 0 Å². The molecule has 4 nitrogen and oxygen atoms in total. The molecule has 0 radical (unpaired) electrons.